The fourth-order valence-corrected chi connectivity index (χ4v) is 2.56. The molecule has 5 heteroatoms. The summed E-state index contributed by atoms with van der Waals surface area (Å²) < 4.78 is 2.11. The summed E-state index contributed by atoms with van der Waals surface area (Å²) in [4.78, 5) is 6.45. The first kappa shape index (κ1) is 15.9. The molecule has 1 aromatic heterocycles. The highest BCUT2D eigenvalue weighted by Crippen LogP contribution is 2.20. The Morgan fingerprint density at radius 2 is 1.95 bits per heavy atom. The number of nitrogens with zero attached hydrogens (tertiary/aromatic N) is 3. The van der Waals surface area contributed by atoms with Crippen LogP contribution in [0.2, 0.25) is 5.02 Å². The van der Waals surface area contributed by atoms with Crippen LogP contribution in [0.5, 0.6) is 0 Å². The third-order valence-electron chi connectivity index (χ3n) is 3.67. The molecule has 0 spiro atoms. The van der Waals surface area contributed by atoms with E-state index in [1.807, 2.05) is 44.4 Å². The lowest BCUT2D eigenvalue weighted by atomic mass is 10.0. The average Bonchev–Trinajstić information content (AvgIpc) is 2.83. The maximum absolute atomic E-state index is 5.95. The van der Waals surface area contributed by atoms with Crippen molar-refractivity contribution in [2.45, 2.75) is 25.9 Å². The summed E-state index contributed by atoms with van der Waals surface area (Å²) in [6.45, 7) is 2.97. The van der Waals surface area contributed by atoms with Crippen LogP contribution in [0.4, 0.5) is 5.95 Å². The predicted octanol–water partition coefficient (Wildman–Crippen LogP) is 3.38. The van der Waals surface area contributed by atoms with Gasteiger partial charge in [0.15, 0.2) is 0 Å². The predicted molar refractivity (Wildman–Crippen MR) is 88.9 cm³/mol. The number of aromatic nitrogens is 2. The Bertz CT molecular complexity index is 574. The molecule has 0 aliphatic rings. The Kier molecular flexibility index (Phi) is 5.26. The van der Waals surface area contributed by atoms with Crippen LogP contribution in [-0.4, -0.2) is 23.6 Å². The maximum atomic E-state index is 5.95. The first-order chi connectivity index (χ1) is 10.0. The summed E-state index contributed by atoms with van der Waals surface area (Å²) in [5.74, 6) is 0.964. The van der Waals surface area contributed by atoms with Crippen molar-refractivity contribution in [2.24, 2.45) is 7.05 Å². The van der Waals surface area contributed by atoms with Gasteiger partial charge in [0.2, 0.25) is 5.95 Å². The highest BCUT2D eigenvalue weighted by Gasteiger charge is 2.12. The first-order valence-corrected chi connectivity index (χ1v) is 7.57. The van der Waals surface area contributed by atoms with E-state index in [0.29, 0.717) is 6.04 Å². The first-order valence-electron chi connectivity index (χ1n) is 7.19. The Balaban J connectivity index is 2.05. The molecule has 2 aromatic rings. The second-order valence-corrected chi connectivity index (χ2v) is 5.83. The van der Waals surface area contributed by atoms with Gasteiger partial charge < -0.3 is 14.8 Å². The number of benzene rings is 1. The number of nitrogens with one attached hydrogen (secondary N) is 1. The summed E-state index contributed by atoms with van der Waals surface area (Å²) in [7, 11) is 6.05. The van der Waals surface area contributed by atoms with Gasteiger partial charge in [-0.1, -0.05) is 30.7 Å². The molecule has 0 saturated heterocycles. The smallest absolute Gasteiger partial charge is 0.204 e. The van der Waals surface area contributed by atoms with Gasteiger partial charge in [-0.3, -0.25) is 0 Å². The molecule has 0 bridgehead atoms. The van der Waals surface area contributed by atoms with Gasteiger partial charge in [-0.05, 0) is 24.1 Å². The van der Waals surface area contributed by atoms with Crippen molar-refractivity contribution in [3.63, 3.8) is 0 Å². The fraction of sp³-hybridized carbons (Fsp3) is 0.438. The number of hydrogen-bond donors (Lipinski definition) is 1. The van der Waals surface area contributed by atoms with Crippen LogP contribution in [0.3, 0.4) is 0 Å². The highest BCUT2D eigenvalue weighted by molar-refractivity contribution is 6.30. The van der Waals surface area contributed by atoms with Gasteiger partial charge >= 0.3 is 0 Å². The van der Waals surface area contributed by atoms with E-state index >= 15 is 0 Å². The summed E-state index contributed by atoms with van der Waals surface area (Å²) in [6, 6.07) is 8.36. The molecule has 1 unspecified atom stereocenters. The largest absolute Gasteiger partial charge is 0.348 e. The van der Waals surface area contributed by atoms with E-state index in [2.05, 4.69) is 33.9 Å². The van der Waals surface area contributed by atoms with E-state index in [1.165, 1.54) is 11.3 Å². The summed E-state index contributed by atoms with van der Waals surface area (Å²) in [6.07, 6.45) is 2.96. The second kappa shape index (κ2) is 6.96. The Morgan fingerprint density at radius 1 is 1.29 bits per heavy atom. The van der Waals surface area contributed by atoms with Gasteiger partial charge in [0.25, 0.3) is 0 Å². The van der Waals surface area contributed by atoms with Crippen LogP contribution in [-0.2, 0) is 13.6 Å². The Morgan fingerprint density at radius 3 is 2.48 bits per heavy atom. The van der Waals surface area contributed by atoms with Crippen LogP contribution in [0, 0.1) is 0 Å². The lowest BCUT2D eigenvalue weighted by Crippen LogP contribution is -2.22. The molecule has 1 aromatic carbocycles. The second-order valence-electron chi connectivity index (χ2n) is 5.40. The van der Waals surface area contributed by atoms with E-state index in [4.69, 9.17) is 11.6 Å². The molecular formula is C16H23ClN4. The van der Waals surface area contributed by atoms with Crippen molar-refractivity contribution in [3.05, 3.63) is 46.7 Å². The Labute approximate surface area is 131 Å². The minimum absolute atomic E-state index is 0.319. The third kappa shape index (κ3) is 3.77. The molecule has 1 N–H and O–H groups in total. The van der Waals surface area contributed by atoms with Crippen molar-refractivity contribution >= 4 is 17.5 Å². The zero-order chi connectivity index (χ0) is 15.4. The zero-order valence-electron chi connectivity index (χ0n) is 13.1. The molecule has 0 amide bonds. The standard InChI is InChI=1S/C16H23ClN4/c1-5-15(12-6-8-13(17)9-7-12)18-10-14-11-19-16(20(2)3)21(14)4/h6-9,11,15,18H,5,10H2,1-4H3. The van der Waals surface area contributed by atoms with E-state index in [0.717, 1.165) is 23.9 Å². The number of rotatable bonds is 6. The molecule has 0 fully saturated rings. The Hall–Kier alpha value is -1.52. The van der Waals surface area contributed by atoms with Crippen LogP contribution in [0.25, 0.3) is 0 Å². The molecule has 2 rings (SSSR count). The molecule has 1 heterocycles. The van der Waals surface area contributed by atoms with Crippen LogP contribution < -0.4 is 10.2 Å². The van der Waals surface area contributed by atoms with Gasteiger partial charge in [-0.15, -0.1) is 0 Å². The van der Waals surface area contributed by atoms with Gasteiger partial charge in [0.05, 0.1) is 11.9 Å². The van der Waals surface area contributed by atoms with Crippen LogP contribution in [0.1, 0.15) is 30.6 Å². The highest BCUT2D eigenvalue weighted by atomic mass is 35.5. The van der Waals surface area contributed by atoms with Crippen LogP contribution in [0.15, 0.2) is 30.5 Å². The van der Waals surface area contributed by atoms with Gasteiger partial charge in [0.1, 0.15) is 0 Å². The lowest BCUT2D eigenvalue weighted by molar-refractivity contribution is 0.508. The van der Waals surface area contributed by atoms with Crippen molar-refractivity contribution in [1.29, 1.82) is 0 Å². The normalized spacial score (nSPS) is 12.4. The van der Waals surface area contributed by atoms with Crippen molar-refractivity contribution < 1.29 is 0 Å². The number of hydrogen-bond acceptors (Lipinski definition) is 3. The van der Waals surface area contributed by atoms with E-state index in [-0.39, 0.29) is 0 Å². The molecule has 0 radical (unpaired) electrons. The summed E-state index contributed by atoms with van der Waals surface area (Å²) >= 11 is 5.95. The SMILES string of the molecule is CCC(NCc1cnc(N(C)C)n1C)c1ccc(Cl)cc1. The molecule has 0 aliphatic heterocycles. The number of imidazole rings is 1. The van der Waals surface area contributed by atoms with Gasteiger partial charge in [-0.2, -0.15) is 0 Å². The van der Waals surface area contributed by atoms with Crippen molar-refractivity contribution in [1.82, 2.24) is 14.9 Å². The van der Waals surface area contributed by atoms with Gasteiger partial charge in [0, 0.05) is 38.8 Å². The summed E-state index contributed by atoms with van der Waals surface area (Å²) in [5, 5.41) is 4.37. The molecule has 21 heavy (non-hydrogen) atoms. The molecule has 0 saturated carbocycles. The quantitative estimate of drug-likeness (QED) is 0.888. The third-order valence-corrected chi connectivity index (χ3v) is 3.92. The summed E-state index contributed by atoms with van der Waals surface area (Å²) in [5.41, 5.74) is 2.43. The minimum atomic E-state index is 0.319. The van der Waals surface area contributed by atoms with Gasteiger partial charge in [-0.25, -0.2) is 4.98 Å². The fourth-order valence-electron chi connectivity index (χ4n) is 2.43. The topological polar surface area (TPSA) is 33.1 Å². The zero-order valence-corrected chi connectivity index (χ0v) is 13.9. The average molecular weight is 307 g/mol. The van der Waals surface area contributed by atoms with Crippen molar-refractivity contribution in [3.8, 4) is 0 Å². The number of halogens is 1. The van der Waals surface area contributed by atoms with E-state index in [1.54, 1.807) is 0 Å². The van der Waals surface area contributed by atoms with E-state index in [9.17, 15) is 0 Å². The molecule has 0 aliphatic carbocycles. The monoisotopic (exact) mass is 306 g/mol. The van der Waals surface area contributed by atoms with Crippen LogP contribution >= 0.6 is 11.6 Å². The maximum Gasteiger partial charge on any atom is 0.204 e. The molecule has 4 nitrogen and oxygen atoms in total. The molecular weight excluding hydrogens is 284 g/mol. The minimum Gasteiger partial charge on any atom is -0.348 e. The van der Waals surface area contributed by atoms with Crippen molar-refractivity contribution in [2.75, 3.05) is 19.0 Å². The lowest BCUT2D eigenvalue weighted by Gasteiger charge is -2.18. The number of anilines is 1. The molecule has 1 atom stereocenters. The van der Waals surface area contributed by atoms with E-state index < -0.39 is 0 Å². The molecule has 114 valence electrons.